The van der Waals surface area contributed by atoms with Crippen LogP contribution in [-0.2, 0) is 4.79 Å². The van der Waals surface area contributed by atoms with Gasteiger partial charge in [0.05, 0.1) is 11.0 Å². The third-order valence-electron chi connectivity index (χ3n) is 2.09. The molecule has 0 spiro atoms. The number of carbonyl (C=O) groups is 1. The Bertz CT molecular complexity index is 513. The zero-order valence-corrected chi connectivity index (χ0v) is 9.96. The van der Waals surface area contributed by atoms with E-state index in [0.29, 0.717) is 0 Å². The summed E-state index contributed by atoms with van der Waals surface area (Å²) >= 11 is 5.53. The third-order valence-corrected chi connectivity index (χ3v) is 2.38. The first kappa shape index (κ1) is 15.3. The van der Waals surface area contributed by atoms with Crippen molar-refractivity contribution in [3.63, 3.8) is 0 Å². The average molecular weight is 296 g/mol. The lowest BCUT2D eigenvalue weighted by Gasteiger charge is -2.16. The highest BCUT2D eigenvalue weighted by atomic mass is 35.5. The van der Waals surface area contributed by atoms with Crippen molar-refractivity contribution in [1.29, 1.82) is 0 Å². The number of aliphatic hydroxyl groups excluding tert-OH is 1. The van der Waals surface area contributed by atoms with Gasteiger partial charge in [-0.3, -0.25) is 0 Å². The molecule has 8 heteroatoms. The Kier molecular flexibility index (Phi) is 4.43. The second-order valence-electron chi connectivity index (χ2n) is 3.45. The van der Waals surface area contributed by atoms with Crippen LogP contribution in [0.15, 0.2) is 30.4 Å². The molecule has 0 fully saturated rings. The molecular weight excluding hydrogens is 289 g/mol. The molecule has 0 aliphatic rings. The molecule has 0 aromatic heterocycles. The highest BCUT2D eigenvalue weighted by molar-refractivity contribution is 6.32. The Morgan fingerprint density at radius 1 is 1.47 bits per heavy atom. The first-order chi connectivity index (χ1) is 8.61. The summed E-state index contributed by atoms with van der Waals surface area (Å²) in [6, 6.07) is 2.84. The zero-order chi connectivity index (χ0) is 14.8. The zero-order valence-electron chi connectivity index (χ0n) is 9.20. The fourth-order valence-electron chi connectivity index (χ4n) is 1.21. The number of benzene rings is 1. The van der Waals surface area contributed by atoms with Crippen molar-refractivity contribution in [2.24, 2.45) is 0 Å². The SMILES string of the molecule is C=C(C(=O)[O-])C(O)c1ccc(OC(F)(F)F)c(Cl)c1. The first-order valence-electron chi connectivity index (χ1n) is 4.75. The second kappa shape index (κ2) is 5.50. The predicted molar refractivity (Wildman–Crippen MR) is 57.2 cm³/mol. The van der Waals surface area contributed by atoms with E-state index in [1.165, 1.54) is 0 Å². The van der Waals surface area contributed by atoms with Gasteiger partial charge in [0, 0.05) is 5.57 Å². The molecule has 0 aliphatic heterocycles. The van der Waals surface area contributed by atoms with Gasteiger partial charge in [-0.25, -0.2) is 0 Å². The van der Waals surface area contributed by atoms with Crippen LogP contribution in [0.3, 0.4) is 0 Å². The minimum atomic E-state index is -4.90. The summed E-state index contributed by atoms with van der Waals surface area (Å²) in [6.07, 6.45) is -6.54. The fraction of sp³-hybridized carbons (Fsp3) is 0.182. The van der Waals surface area contributed by atoms with E-state index in [1.54, 1.807) is 0 Å². The quantitative estimate of drug-likeness (QED) is 0.856. The van der Waals surface area contributed by atoms with Crippen LogP contribution in [0.25, 0.3) is 0 Å². The van der Waals surface area contributed by atoms with Crippen LogP contribution < -0.4 is 9.84 Å². The molecule has 19 heavy (non-hydrogen) atoms. The van der Waals surface area contributed by atoms with Crippen LogP contribution in [0.4, 0.5) is 13.2 Å². The average Bonchev–Trinajstić information content (AvgIpc) is 2.28. The van der Waals surface area contributed by atoms with Gasteiger partial charge in [0.25, 0.3) is 0 Å². The lowest BCUT2D eigenvalue weighted by Crippen LogP contribution is -2.27. The maximum atomic E-state index is 12.0. The number of carboxylic acids is 1. The molecule has 1 N–H and O–H groups in total. The fourth-order valence-corrected chi connectivity index (χ4v) is 1.43. The summed E-state index contributed by atoms with van der Waals surface area (Å²) in [5.74, 6) is -2.34. The van der Waals surface area contributed by atoms with Crippen LogP contribution in [-0.4, -0.2) is 17.4 Å². The van der Waals surface area contributed by atoms with Crippen molar-refractivity contribution in [2.75, 3.05) is 0 Å². The van der Waals surface area contributed by atoms with Crippen LogP contribution in [0.2, 0.25) is 5.02 Å². The number of rotatable bonds is 4. The Morgan fingerprint density at radius 3 is 2.47 bits per heavy atom. The third kappa shape index (κ3) is 4.15. The van der Waals surface area contributed by atoms with E-state index < -0.39 is 34.8 Å². The summed E-state index contributed by atoms with van der Waals surface area (Å²) in [4.78, 5) is 10.5. The summed E-state index contributed by atoms with van der Waals surface area (Å²) in [5.41, 5.74) is -0.686. The van der Waals surface area contributed by atoms with Gasteiger partial charge in [-0.05, 0) is 17.7 Å². The molecule has 0 radical (unpaired) electrons. The monoisotopic (exact) mass is 295 g/mol. The molecule has 0 heterocycles. The topological polar surface area (TPSA) is 69.6 Å². The highest BCUT2D eigenvalue weighted by Gasteiger charge is 2.32. The molecule has 0 aliphatic carbocycles. The lowest BCUT2D eigenvalue weighted by molar-refractivity contribution is -0.300. The summed E-state index contributed by atoms with van der Waals surface area (Å²) in [6.45, 7) is 3.08. The second-order valence-corrected chi connectivity index (χ2v) is 3.86. The number of hydrogen-bond donors (Lipinski definition) is 1. The van der Waals surface area contributed by atoms with E-state index in [4.69, 9.17) is 11.6 Å². The van der Waals surface area contributed by atoms with Gasteiger partial charge in [0.1, 0.15) is 11.9 Å². The van der Waals surface area contributed by atoms with Gasteiger partial charge in [0.15, 0.2) is 0 Å². The molecule has 0 saturated carbocycles. The lowest BCUT2D eigenvalue weighted by atomic mass is 10.0. The van der Waals surface area contributed by atoms with E-state index in [-0.39, 0.29) is 5.56 Å². The van der Waals surface area contributed by atoms with E-state index in [2.05, 4.69) is 11.3 Å². The Morgan fingerprint density at radius 2 is 2.05 bits per heavy atom. The summed E-state index contributed by atoms with van der Waals surface area (Å²) in [7, 11) is 0. The number of alkyl halides is 3. The molecule has 0 saturated heterocycles. The van der Waals surface area contributed by atoms with Crippen LogP contribution in [0.1, 0.15) is 11.7 Å². The molecular formula is C11H7ClF3O4-. The molecule has 4 nitrogen and oxygen atoms in total. The summed E-state index contributed by atoms with van der Waals surface area (Å²) < 4.78 is 39.6. The van der Waals surface area contributed by atoms with Gasteiger partial charge in [-0.15, -0.1) is 13.2 Å². The number of aliphatic hydroxyl groups is 1. The van der Waals surface area contributed by atoms with Crippen molar-refractivity contribution in [3.8, 4) is 5.75 Å². The first-order valence-corrected chi connectivity index (χ1v) is 5.13. The molecule has 0 bridgehead atoms. The van der Waals surface area contributed by atoms with Gasteiger partial charge < -0.3 is 19.7 Å². The van der Waals surface area contributed by atoms with Crippen molar-refractivity contribution in [1.82, 2.24) is 0 Å². The Hall–Kier alpha value is -1.73. The van der Waals surface area contributed by atoms with Crippen molar-refractivity contribution < 1.29 is 32.9 Å². The van der Waals surface area contributed by atoms with Crippen LogP contribution >= 0.6 is 11.6 Å². The minimum absolute atomic E-state index is 0.0475. The van der Waals surface area contributed by atoms with E-state index in [0.717, 1.165) is 18.2 Å². The standard InChI is InChI=1S/C11H8ClF3O4/c1-5(10(17)18)9(16)6-2-3-8(7(12)4-6)19-11(13,14)15/h2-4,9,16H,1H2,(H,17,18)/p-1. The number of halogens is 4. The van der Waals surface area contributed by atoms with Crippen molar-refractivity contribution in [2.45, 2.75) is 12.5 Å². The smallest absolute Gasteiger partial charge is 0.545 e. The van der Waals surface area contributed by atoms with Crippen LogP contribution in [0, 0.1) is 0 Å². The number of aliphatic carboxylic acids is 1. The normalized spacial score (nSPS) is 12.9. The molecule has 104 valence electrons. The highest BCUT2D eigenvalue weighted by Crippen LogP contribution is 2.33. The molecule has 1 atom stereocenters. The number of ether oxygens (including phenoxy) is 1. The van der Waals surface area contributed by atoms with Gasteiger partial charge in [-0.1, -0.05) is 24.2 Å². The largest absolute Gasteiger partial charge is 0.573 e. The maximum Gasteiger partial charge on any atom is 0.573 e. The minimum Gasteiger partial charge on any atom is -0.545 e. The molecule has 1 unspecified atom stereocenters. The van der Waals surface area contributed by atoms with Gasteiger partial charge >= 0.3 is 6.36 Å². The van der Waals surface area contributed by atoms with Crippen molar-refractivity contribution >= 4 is 17.6 Å². The predicted octanol–water partition coefficient (Wildman–Crippen LogP) is 1.58. The Labute approximate surface area is 110 Å². The Balaban J connectivity index is 3.00. The van der Waals surface area contributed by atoms with E-state index in [1.807, 2.05) is 0 Å². The maximum absolute atomic E-state index is 12.0. The molecule has 1 aromatic rings. The number of hydrogen-bond acceptors (Lipinski definition) is 4. The number of carboxylic acid groups (broad SMARTS) is 1. The molecule has 1 rings (SSSR count). The van der Waals surface area contributed by atoms with Crippen molar-refractivity contribution in [3.05, 3.63) is 40.9 Å². The van der Waals surface area contributed by atoms with E-state index >= 15 is 0 Å². The van der Waals surface area contributed by atoms with E-state index in [9.17, 15) is 28.2 Å². The molecule has 0 amide bonds. The number of carbonyl (C=O) groups excluding carboxylic acids is 1. The van der Waals surface area contributed by atoms with Crippen LogP contribution in [0.5, 0.6) is 5.75 Å². The van der Waals surface area contributed by atoms with Gasteiger partial charge in [-0.2, -0.15) is 0 Å². The van der Waals surface area contributed by atoms with Gasteiger partial charge in [0.2, 0.25) is 0 Å². The molecule has 1 aromatic carbocycles. The summed E-state index contributed by atoms with van der Waals surface area (Å²) in [5, 5.41) is 19.6.